The Balaban J connectivity index is 2.77. The average Bonchev–Trinajstić information content (AvgIpc) is 2.08. The smallest absolute Gasteiger partial charge is 0.256 e. The van der Waals surface area contributed by atoms with Gasteiger partial charge in [0.15, 0.2) is 11.5 Å². The van der Waals surface area contributed by atoms with Crippen molar-refractivity contribution in [1.29, 1.82) is 0 Å². The van der Waals surface area contributed by atoms with Gasteiger partial charge in [0.2, 0.25) is 0 Å². The molecular weight excluding hydrogens is 146 g/mol. The average molecular weight is 157 g/mol. The van der Waals surface area contributed by atoms with Crippen molar-refractivity contribution in [2.75, 3.05) is 13.7 Å². The summed E-state index contributed by atoms with van der Waals surface area (Å²) in [6, 6.07) is 0. The van der Waals surface area contributed by atoms with E-state index in [2.05, 4.69) is 10.3 Å². The number of methoxy groups -OCH3 is 1. The van der Waals surface area contributed by atoms with Crippen LogP contribution in [0.2, 0.25) is 0 Å². The summed E-state index contributed by atoms with van der Waals surface area (Å²) in [6.45, 7) is 1.92. The summed E-state index contributed by atoms with van der Waals surface area (Å²) in [5, 5.41) is 2.40. The van der Waals surface area contributed by atoms with Crippen LogP contribution in [0.4, 0.5) is 0 Å². The van der Waals surface area contributed by atoms with E-state index in [1.54, 1.807) is 6.92 Å². The molecule has 1 heterocycles. The van der Waals surface area contributed by atoms with E-state index in [0.29, 0.717) is 0 Å². The largest absolute Gasteiger partial charge is 0.382 e. The molecule has 5 heteroatoms. The zero-order chi connectivity index (χ0) is 8.48. The molecule has 1 amide bonds. The van der Waals surface area contributed by atoms with Crippen LogP contribution in [-0.2, 0) is 9.53 Å². The van der Waals surface area contributed by atoms with Crippen LogP contribution in [0.3, 0.4) is 0 Å². The van der Waals surface area contributed by atoms with Crippen LogP contribution >= 0.6 is 0 Å². The lowest BCUT2D eigenvalue weighted by Gasteiger charge is -2.14. The minimum Gasteiger partial charge on any atom is -0.382 e. The van der Waals surface area contributed by atoms with Gasteiger partial charge < -0.3 is 10.5 Å². The second-order valence-electron chi connectivity index (χ2n) is 2.66. The van der Waals surface area contributed by atoms with E-state index in [4.69, 9.17) is 10.5 Å². The minimum atomic E-state index is -0.834. The Morgan fingerprint density at radius 2 is 2.45 bits per heavy atom. The monoisotopic (exact) mass is 157 g/mol. The van der Waals surface area contributed by atoms with Gasteiger partial charge >= 0.3 is 0 Å². The molecule has 0 saturated carbocycles. The first-order chi connectivity index (χ1) is 5.08. The molecule has 1 unspecified atom stereocenters. The maximum Gasteiger partial charge on any atom is 0.256 e. The number of amides is 1. The normalized spacial score (nSPS) is 30.0. The van der Waals surface area contributed by atoms with Crippen LogP contribution < -0.4 is 11.1 Å². The molecule has 1 atom stereocenters. The molecule has 0 aromatic rings. The molecule has 5 nitrogen and oxygen atoms in total. The fraction of sp³-hybridized carbons (Fsp3) is 0.667. The third-order valence-electron chi connectivity index (χ3n) is 1.52. The number of ether oxygens (including phenoxy) is 1. The Hall–Kier alpha value is -1.10. The van der Waals surface area contributed by atoms with E-state index in [-0.39, 0.29) is 18.5 Å². The molecule has 0 fully saturated rings. The first-order valence-corrected chi connectivity index (χ1v) is 3.24. The summed E-state index contributed by atoms with van der Waals surface area (Å²) in [6.07, 6.45) is 0. The number of nitrogens with two attached hydrogens (primary N) is 1. The van der Waals surface area contributed by atoms with E-state index in [0.717, 1.165) is 0 Å². The highest BCUT2D eigenvalue weighted by Crippen LogP contribution is 2.14. The third kappa shape index (κ3) is 1.32. The number of nitrogens with one attached hydrogen (secondary N) is 1. The zero-order valence-corrected chi connectivity index (χ0v) is 6.55. The summed E-state index contributed by atoms with van der Waals surface area (Å²) >= 11 is 0. The number of guanidine groups is 1. The fourth-order valence-electron chi connectivity index (χ4n) is 0.974. The first kappa shape index (κ1) is 8.00. The van der Waals surface area contributed by atoms with Crippen LogP contribution in [0.5, 0.6) is 0 Å². The van der Waals surface area contributed by atoms with Crippen LogP contribution in [0.1, 0.15) is 6.92 Å². The molecule has 0 aliphatic carbocycles. The van der Waals surface area contributed by atoms with Crippen molar-refractivity contribution in [2.45, 2.75) is 12.5 Å². The summed E-state index contributed by atoms with van der Waals surface area (Å²) in [5.74, 6) is -0.0496. The van der Waals surface area contributed by atoms with Gasteiger partial charge in [-0.05, 0) is 6.92 Å². The molecule has 11 heavy (non-hydrogen) atoms. The minimum absolute atomic E-state index is 0.162. The highest BCUT2D eigenvalue weighted by Gasteiger charge is 2.38. The van der Waals surface area contributed by atoms with Crippen molar-refractivity contribution in [2.24, 2.45) is 10.7 Å². The van der Waals surface area contributed by atoms with Gasteiger partial charge in [0.05, 0.1) is 6.61 Å². The Morgan fingerprint density at radius 1 is 1.82 bits per heavy atom. The van der Waals surface area contributed by atoms with Gasteiger partial charge in [-0.15, -0.1) is 0 Å². The molecular formula is C6H11N3O2. The SMILES string of the molecule is COCC1(C)N=C(N)NC1=O. The number of nitrogens with zero attached hydrogens (tertiary/aromatic N) is 1. The van der Waals surface area contributed by atoms with Gasteiger partial charge in [-0.25, -0.2) is 4.99 Å². The quantitative estimate of drug-likeness (QED) is 0.530. The van der Waals surface area contributed by atoms with Crippen molar-refractivity contribution in [3.63, 3.8) is 0 Å². The van der Waals surface area contributed by atoms with Gasteiger partial charge in [0.1, 0.15) is 0 Å². The molecule has 0 aromatic heterocycles. The molecule has 62 valence electrons. The first-order valence-electron chi connectivity index (χ1n) is 3.24. The lowest BCUT2D eigenvalue weighted by atomic mass is 10.1. The standard InChI is InChI=1S/C6H11N3O2/c1-6(3-11-2)4(10)8-5(7)9-6/h3H2,1-2H3,(H3,7,8,9,10). The summed E-state index contributed by atoms with van der Waals surface area (Å²) < 4.78 is 4.82. The van der Waals surface area contributed by atoms with Crippen LogP contribution in [-0.4, -0.2) is 31.1 Å². The van der Waals surface area contributed by atoms with Gasteiger partial charge in [-0.2, -0.15) is 0 Å². The number of carbonyl (C=O) groups excluding carboxylic acids is 1. The highest BCUT2D eigenvalue weighted by molar-refractivity contribution is 6.06. The Morgan fingerprint density at radius 3 is 2.82 bits per heavy atom. The van der Waals surface area contributed by atoms with Gasteiger partial charge in [-0.3, -0.25) is 10.1 Å². The maximum absolute atomic E-state index is 11.1. The van der Waals surface area contributed by atoms with Crippen LogP contribution in [0.15, 0.2) is 4.99 Å². The van der Waals surface area contributed by atoms with Crippen LogP contribution in [0.25, 0.3) is 0 Å². The number of aliphatic imine (C=N–C) groups is 1. The van der Waals surface area contributed by atoms with Gasteiger partial charge in [0.25, 0.3) is 5.91 Å². The van der Waals surface area contributed by atoms with Crippen molar-refractivity contribution < 1.29 is 9.53 Å². The molecule has 3 N–H and O–H groups in total. The van der Waals surface area contributed by atoms with Crippen LogP contribution in [0, 0.1) is 0 Å². The van der Waals surface area contributed by atoms with E-state index >= 15 is 0 Å². The third-order valence-corrected chi connectivity index (χ3v) is 1.52. The number of hydrogen-bond donors (Lipinski definition) is 2. The summed E-state index contributed by atoms with van der Waals surface area (Å²) in [7, 11) is 1.52. The second kappa shape index (κ2) is 2.50. The molecule has 0 bridgehead atoms. The Kier molecular flexibility index (Phi) is 1.82. The molecule has 0 aromatic carbocycles. The molecule has 0 saturated heterocycles. The number of rotatable bonds is 2. The molecule has 0 radical (unpaired) electrons. The predicted octanol–water partition coefficient (Wildman–Crippen LogP) is -1.16. The molecule has 0 spiro atoms. The number of hydrogen-bond acceptors (Lipinski definition) is 4. The van der Waals surface area contributed by atoms with Crippen molar-refractivity contribution in [3.05, 3.63) is 0 Å². The summed E-state index contributed by atoms with van der Waals surface area (Å²) in [5.41, 5.74) is 4.46. The fourth-order valence-corrected chi connectivity index (χ4v) is 0.974. The van der Waals surface area contributed by atoms with Crippen molar-refractivity contribution in [1.82, 2.24) is 5.32 Å². The zero-order valence-electron chi connectivity index (χ0n) is 6.55. The maximum atomic E-state index is 11.1. The van der Waals surface area contributed by atoms with Crippen molar-refractivity contribution in [3.8, 4) is 0 Å². The molecule has 1 aliphatic heterocycles. The highest BCUT2D eigenvalue weighted by atomic mass is 16.5. The lowest BCUT2D eigenvalue weighted by Crippen LogP contribution is -2.41. The van der Waals surface area contributed by atoms with E-state index in [9.17, 15) is 4.79 Å². The van der Waals surface area contributed by atoms with Crippen molar-refractivity contribution >= 4 is 11.9 Å². The molecule has 1 rings (SSSR count). The Labute approximate surface area is 64.6 Å². The summed E-state index contributed by atoms with van der Waals surface area (Å²) in [4.78, 5) is 15.0. The second-order valence-corrected chi connectivity index (χ2v) is 2.66. The Bertz CT molecular complexity index is 214. The van der Waals surface area contributed by atoms with E-state index in [1.165, 1.54) is 7.11 Å². The van der Waals surface area contributed by atoms with E-state index in [1.807, 2.05) is 0 Å². The van der Waals surface area contributed by atoms with E-state index < -0.39 is 5.54 Å². The topological polar surface area (TPSA) is 76.7 Å². The lowest BCUT2D eigenvalue weighted by molar-refractivity contribution is -0.124. The van der Waals surface area contributed by atoms with Gasteiger partial charge in [0, 0.05) is 7.11 Å². The van der Waals surface area contributed by atoms with Gasteiger partial charge in [-0.1, -0.05) is 0 Å². The predicted molar refractivity (Wildman–Crippen MR) is 40.0 cm³/mol. The molecule has 1 aliphatic rings. The number of carbonyl (C=O) groups is 1.